The Balaban J connectivity index is 3.11. The number of hydrogen-bond acceptors (Lipinski definition) is 4. The Kier molecular flexibility index (Phi) is 6.13. The zero-order valence-electron chi connectivity index (χ0n) is 11.7. The summed E-state index contributed by atoms with van der Waals surface area (Å²) in [5, 5.41) is 5.44. The molecule has 0 aliphatic rings. The van der Waals surface area contributed by atoms with E-state index in [0.717, 1.165) is 0 Å². The van der Waals surface area contributed by atoms with E-state index < -0.39 is 16.1 Å². The first kappa shape index (κ1) is 17.4. The van der Waals surface area contributed by atoms with Crippen LogP contribution in [0.5, 0.6) is 0 Å². The minimum Gasteiger partial charge on any atom is -0.278 e. The van der Waals surface area contributed by atoms with Crippen LogP contribution < -0.4 is 9.86 Å². The van der Waals surface area contributed by atoms with Gasteiger partial charge in [0.05, 0.1) is 0 Å². The fraction of sp³-hybridized carbons (Fsp3) is 0.333. The molecule has 21 heavy (non-hydrogen) atoms. The molecular weight excluding hydrogens is 316 g/mol. The van der Waals surface area contributed by atoms with E-state index >= 15 is 0 Å². The third-order valence-electron chi connectivity index (χ3n) is 2.45. The maximum absolute atomic E-state index is 12.4. The van der Waals surface area contributed by atoms with E-state index in [1.807, 2.05) is 4.72 Å². The van der Waals surface area contributed by atoms with Gasteiger partial charge >= 0.3 is 0 Å². The number of rotatable bonds is 4. The molecular formula is C12H17ClN4O3S. The Hall–Kier alpha value is -1.64. The smallest absolute Gasteiger partial charge is 0.278 e. The van der Waals surface area contributed by atoms with Gasteiger partial charge in [-0.25, -0.2) is 9.86 Å². The fourth-order valence-corrected chi connectivity index (χ4v) is 2.14. The second-order valence-electron chi connectivity index (χ2n) is 4.00. The summed E-state index contributed by atoms with van der Waals surface area (Å²) in [6.07, 6.45) is 0. The molecule has 9 heteroatoms. The van der Waals surface area contributed by atoms with Crippen LogP contribution in [0.4, 0.5) is 0 Å². The monoisotopic (exact) mass is 332 g/mol. The highest BCUT2D eigenvalue weighted by atomic mass is 35.5. The van der Waals surface area contributed by atoms with Crippen molar-refractivity contribution in [2.75, 3.05) is 13.1 Å². The molecule has 0 unspecified atom stereocenters. The molecule has 0 radical (unpaired) electrons. The normalized spacial score (nSPS) is 12.1. The molecule has 0 bridgehead atoms. The number of aliphatic imine (C=N–C) groups is 1. The van der Waals surface area contributed by atoms with Crippen molar-refractivity contribution in [2.45, 2.75) is 13.8 Å². The zero-order chi connectivity index (χ0) is 16.0. The minimum absolute atomic E-state index is 0.109. The molecule has 0 spiro atoms. The first-order valence-corrected chi connectivity index (χ1v) is 8.13. The number of carbonyl (C=O) groups excluding carboxylic acids is 1. The molecule has 1 aromatic rings. The molecule has 0 heterocycles. The van der Waals surface area contributed by atoms with Crippen molar-refractivity contribution in [2.24, 2.45) is 10.1 Å². The second kappa shape index (κ2) is 7.39. The van der Waals surface area contributed by atoms with Crippen LogP contribution in [0, 0.1) is 0 Å². The molecule has 0 saturated heterocycles. The Morgan fingerprint density at radius 2 is 1.90 bits per heavy atom. The van der Waals surface area contributed by atoms with Gasteiger partial charge in [0.25, 0.3) is 16.1 Å². The molecule has 0 fully saturated rings. The maximum atomic E-state index is 12.4. The van der Waals surface area contributed by atoms with E-state index in [2.05, 4.69) is 4.99 Å². The summed E-state index contributed by atoms with van der Waals surface area (Å²) in [6.45, 7) is 3.93. The topological polar surface area (TPSA) is 105 Å². The number of benzene rings is 1. The maximum Gasteiger partial charge on any atom is 0.298 e. The quantitative estimate of drug-likeness (QED) is 0.634. The summed E-state index contributed by atoms with van der Waals surface area (Å²) in [6, 6.07) is 6.25. The van der Waals surface area contributed by atoms with Crippen molar-refractivity contribution in [1.82, 2.24) is 9.62 Å². The number of carbonyl (C=O) groups is 1. The van der Waals surface area contributed by atoms with Gasteiger partial charge in [-0.1, -0.05) is 11.6 Å². The average molecular weight is 333 g/mol. The summed E-state index contributed by atoms with van der Waals surface area (Å²) in [4.78, 5) is 17.6. The lowest BCUT2D eigenvalue weighted by Gasteiger charge is -2.22. The number of halogens is 1. The molecule has 0 atom stereocenters. The van der Waals surface area contributed by atoms with Gasteiger partial charge in [-0.15, -0.1) is 0 Å². The minimum atomic E-state index is -4.02. The van der Waals surface area contributed by atoms with Crippen LogP contribution in [0.2, 0.25) is 5.02 Å². The lowest BCUT2D eigenvalue weighted by molar-refractivity contribution is 0.0850. The Bertz CT molecular complexity index is 628. The predicted octanol–water partition coefficient (Wildman–Crippen LogP) is 0.971. The van der Waals surface area contributed by atoms with E-state index in [-0.39, 0.29) is 12.5 Å². The van der Waals surface area contributed by atoms with Crippen molar-refractivity contribution in [3.8, 4) is 0 Å². The Morgan fingerprint density at radius 1 is 1.33 bits per heavy atom. The van der Waals surface area contributed by atoms with Crippen molar-refractivity contribution in [3.05, 3.63) is 34.9 Å². The van der Waals surface area contributed by atoms with Gasteiger partial charge in [0, 0.05) is 23.7 Å². The van der Waals surface area contributed by atoms with Crippen molar-refractivity contribution >= 4 is 33.7 Å². The molecule has 3 N–H and O–H groups in total. The molecule has 1 amide bonds. The van der Waals surface area contributed by atoms with Crippen molar-refractivity contribution < 1.29 is 13.2 Å². The van der Waals surface area contributed by atoms with Crippen LogP contribution in [0.25, 0.3) is 0 Å². The predicted molar refractivity (Wildman–Crippen MR) is 82.4 cm³/mol. The van der Waals surface area contributed by atoms with Crippen LogP contribution in [0.1, 0.15) is 24.2 Å². The zero-order valence-corrected chi connectivity index (χ0v) is 13.3. The van der Waals surface area contributed by atoms with Crippen LogP contribution in [0.3, 0.4) is 0 Å². The largest absolute Gasteiger partial charge is 0.298 e. The Labute approximate surface area is 129 Å². The van der Waals surface area contributed by atoms with Gasteiger partial charge in [-0.3, -0.25) is 14.7 Å². The third kappa shape index (κ3) is 5.33. The standard InChI is InChI=1S/C12H17ClN4O3S/c1-3-15-12(16-21(14,19)20)17(4-2)11(18)9-5-7-10(13)8-6-9/h5-8H,3-4H2,1-2H3,(H,15,16)(H2,14,19,20). The number of nitrogens with one attached hydrogen (secondary N) is 1. The number of nitrogens with two attached hydrogens (primary N) is 1. The van der Waals surface area contributed by atoms with Crippen LogP contribution in [-0.2, 0) is 10.2 Å². The molecule has 0 saturated carbocycles. The number of hydrogen-bond donors (Lipinski definition) is 2. The van der Waals surface area contributed by atoms with E-state index in [0.29, 0.717) is 17.1 Å². The number of amides is 1. The molecule has 116 valence electrons. The SMILES string of the molecule is CCN=C(NS(N)(=O)=O)N(CC)C(=O)c1ccc(Cl)cc1. The van der Waals surface area contributed by atoms with E-state index in [1.165, 1.54) is 4.90 Å². The van der Waals surface area contributed by atoms with Gasteiger partial charge in [0.1, 0.15) is 0 Å². The molecule has 0 aliphatic heterocycles. The van der Waals surface area contributed by atoms with Gasteiger partial charge in [0.15, 0.2) is 0 Å². The van der Waals surface area contributed by atoms with Gasteiger partial charge in [-0.05, 0) is 38.1 Å². The average Bonchev–Trinajstić information content (AvgIpc) is 2.38. The van der Waals surface area contributed by atoms with E-state index in [1.54, 1.807) is 38.1 Å². The lowest BCUT2D eigenvalue weighted by Crippen LogP contribution is -2.49. The summed E-state index contributed by atoms with van der Waals surface area (Å²) in [7, 11) is -4.02. The summed E-state index contributed by atoms with van der Waals surface area (Å²) in [5.74, 6) is -0.514. The van der Waals surface area contributed by atoms with Crippen LogP contribution in [0.15, 0.2) is 29.3 Å². The van der Waals surface area contributed by atoms with Gasteiger partial charge in [0.2, 0.25) is 5.96 Å². The highest BCUT2D eigenvalue weighted by Crippen LogP contribution is 2.12. The molecule has 0 aromatic heterocycles. The third-order valence-corrected chi connectivity index (χ3v) is 3.17. The summed E-state index contributed by atoms with van der Waals surface area (Å²) < 4.78 is 24.4. The number of nitrogens with zero attached hydrogens (tertiary/aromatic N) is 2. The first-order valence-electron chi connectivity index (χ1n) is 6.21. The summed E-state index contributed by atoms with van der Waals surface area (Å²) in [5.41, 5.74) is 0.362. The molecule has 7 nitrogen and oxygen atoms in total. The molecule has 0 aliphatic carbocycles. The fourth-order valence-electron chi connectivity index (χ4n) is 1.59. The Morgan fingerprint density at radius 3 is 2.33 bits per heavy atom. The summed E-state index contributed by atoms with van der Waals surface area (Å²) >= 11 is 5.77. The van der Waals surface area contributed by atoms with E-state index in [9.17, 15) is 13.2 Å². The first-order chi connectivity index (χ1) is 9.78. The second-order valence-corrected chi connectivity index (χ2v) is 5.73. The highest BCUT2D eigenvalue weighted by molar-refractivity contribution is 7.87. The van der Waals surface area contributed by atoms with Gasteiger partial charge < -0.3 is 0 Å². The van der Waals surface area contributed by atoms with Crippen LogP contribution >= 0.6 is 11.6 Å². The highest BCUT2D eigenvalue weighted by Gasteiger charge is 2.21. The van der Waals surface area contributed by atoms with Crippen molar-refractivity contribution in [3.63, 3.8) is 0 Å². The molecule has 1 aromatic carbocycles. The molecule has 1 rings (SSSR count). The van der Waals surface area contributed by atoms with Crippen molar-refractivity contribution in [1.29, 1.82) is 0 Å². The van der Waals surface area contributed by atoms with Gasteiger partial charge in [-0.2, -0.15) is 8.42 Å². The number of guanidine groups is 1. The lowest BCUT2D eigenvalue weighted by atomic mass is 10.2. The van der Waals surface area contributed by atoms with Crippen LogP contribution in [-0.4, -0.2) is 38.3 Å². The van der Waals surface area contributed by atoms with E-state index in [4.69, 9.17) is 16.7 Å².